The summed E-state index contributed by atoms with van der Waals surface area (Å²) < 4.78 is 0. The first-order valence-electron chi connectivity index (χ1n) is 18.6. The van der Waals surface area contributed by atoms with Crippen LogP contribution >= 0.6 is 0 Å². The monoisotopic (exact) mass is 710 g/mol. The van der Waals surface area contributed by atoms with Gasteiger partial charge in [0.05, 0.1) is 24.2 Å². The molecular weight excluding hydrogens is 669 g/mol. The van der Waals surface area contributed by atoms with Crippen LogP contribution in [0.4, 0.5) is 0 Å². The molecule has 0 aromatic heterocycles. The minimum absolute atomic E-state index is 0.0945. The van der Waals surface area contributed by atoms with Crippen LogP contribution in [0, 0.1) is 0 Å². The highest BCUT2D eigenvalue weighted by atomic mass is 15.7. The zero-order chi connectivity index (χ0) is 36.8. The van der Waals surface area contributed by atoms with E-state index in [9.17, 15) is 0 Å². The molecule has 0 saturated heterocycles. The fraction of sp³-hybridized carbons (Fsp3) is 0.227. The van der Waals surface area contributed by atoms with Crippen molar-refractivity contribution in [3.8, 4) is 0 Å². The van der Waals surface area contributed by atoms with Gasteiger partial charge >= 0.3 is 0 Å². The second kappa shape index (κ2) is 13.9. The highest BCUT2D eigenvalue weighted by molar-refractivity contribution is 6.15. The Balaban J connectivity index is 0.000000142. The standard InChI is InChI=1S/2C22H21N5/c2*1-15-13-16(2)26-21(23-15)25-27-20(18-11-7-4-8-12-18)14-19(24-22(26)27)17-9-5-3-6-10-17/h2*3-13,19-20H,14H2,1-2H3/t2*19-,20+/m10/s1. The maximum Gasteiger partial charge on any atom is 0.254 e. The first-order valence-corrected chi connectivity index (χ1v) is 18.6. The molecule has 268 valence electrons. The molecule has 10 rings (SSSR count). The number of rotatable bonds is 4. The van der Waals surface area contributed by atoms with Gasteiger partial charge in [-0.05, 0) is 62.1 Å². The molecule has 0 aliphatic carbocycles. The van der Waals surface area contributed by atoms with Crippen molar-refractivity contribution in [3.63, 3.8) is 0 Å². The molecule has 4 aromatic carbocycles. The summed E-state index contributed by atoms with van der Waals surface area (Å²) >= 11 is 0. The van der Waals surface area contributed by atoms with Gasteiger partial charge in [0, 0.05) is 35.7 Å². The fourth-order valence-corrected chi connectivity index (χ4v) is 7.98. The van der Waals surface area contributed by atoms with E-state index in [1.54, 1.807) is 0 Å². The Labute approximate surface area is 316 Å². The lowest BCUT2D eigenvalue weighted by Gasteiger charge is -2.36. The van der Waals surface area contributed by atoms with Crippen LogP contribution in [0.25, 0.3) is 0 Å². The summed E-state index contributed by atoms with van der Waals surface area (Å²) in [7, 11) is 0. The Kier molecular flexibility index (Phi) is 8.57. The third kappa shape index (κ3) is 6.13. The third-order valence-electron chi connectivity index (χ3n) is 10.5. The molecule has 0 fully saturated rings. The van der Waals surface area contributed by atoms with Gasteiger partial charge in [0.1, 0.15) is 0 Å². The van der Waals surface area contributed by atoms with Crippen LogP contribution in [0.15, 0.2) is 175 Å². The van der Waals surface area contributed by atoms with Crippen LogP contribution in [-0.2, 0) is 0 Å². The van der Waals surface area contributed by atoms with Crippen molar-refractivity contribution in [1.82, 2.24) is 19.8 Å². The number of allylic oxidation sites excluding steroid dienone is 4. The van der Waals surface area contributed by atoms with Gasteiger partial charge in [0.2, 0.25) is 11.9 Å². The number of benzene rings is 4. The van der Waals surface area contributed by atoms with Crippen molar-refractivity contribution in [3.05, 3.63) is 167 Å². The molecule has 0 bridgehead atoms. The summed E-state index contributed by atoms with van der Waals surface area (Å²) in [5.74, 6) is 3.15. The van der Waals surface area contributed by atoms with E-state index in [2.05, 4.69) is 155 Å². The molecule has 4 atom stereocenters. The molecule has 10 nitrogen and oxygen atoms in total. The van der Waals surface area contributed by atoms with Crippen LogP contribution in [0.3, 0.4) is 0 Å². The van der Waals surface area contributed by atoms with Gasteiger partial charge in [-0.2, -0.15) is 0 Å². The highest BCUT2D eigenvalue weighted by Crippen LogP contribution is 2.43. The minimum atomic E-state index is 0.0945. The predicted molar refractivity (Wildman–Crippen MR) is 217 cm³/mol. The number of aliphatic imine (C=N–C) groups is 4. The zero-order valence-corrected chi connectivity index (χ0v) is 30.9. The smallest absolute Gasteiger partial charge is 0.250 e. The van der Waals surface area contributed by atoms with E-state index in [-0.39, 0.29) is 24.2 Å². The lowest BCUT2D eigenvalue weighted by atomic mass is 9.93. The van der Waals surface area contributed by atoms with Gasteiger partial charge in [-0.3, -0.25) is 9.80 Å². The van der Waals surface area contributed by atoms with E-state index in [1.165, 1.54) is 22.3 Å². The maximum absolute atomic E-state index is 5.09. The van der Waals surface area contributed by atoms with Crippen molar-refractivity contribution >= 4 is 35.3 Å². The van der Waals surface area contributed by atoms with Gasteiger partial charge in [0.25, 0.3) is 11.9 Å². The van der Waals surface area contributed by atoms with Gasteiger partial charge in [-0.25, -0.2) is 30.0 Å². The van der Waals surface area contributed by atoms with E-state index in [0.717, 1.165) is 47.6 Å². The average Bonchev–Trinajstić information content (AvgIpc) is 3.77. The Morgan fingerprint density at radius 3 is 1.13 bits per heavy atom. The van der Waals surface area contributed by atoms with Crippen LogP contribution in [0.1, 0.15) is 87.0 Å². The Morgan fingerprint density at radius 1 is 0.444 bits per heavy atom. The molecular formula is C44H42N10. The summed E-state index contributed by atoms with van der Waals surface area (Å²) in [6.07, 6.45) is 5.92. The first kappa shape index (κ1) is 33.4. The summed E-state index contributed by atoms with van der Waals surface area (Å²) in [6.45, 7) is 8.18. The molecule has 4 aromatic rings. The van der Waals surface area contributed by atoms with Crippen molar-refractivity contribution in [1.29, 1.82) is 0 Å². The molecule has 0 saturated carbocycles. The van der Waals surface area contributed by atoms with Crippen LogP contribution in [0.2, 0.25) is 0 Å². The Morgan fingerprint density at radius 2 is 0.778 bits per heavy atom. The van der Waals surface area contributed by atoms with Gasteiger partial charge in [-0.15, -0.1) is 10.2 Å². The summed E-state index contributed by atoms with van der Waals surface area (Å²) in [5.41, 5.74) is 9.10. The van der Waals surface area contributed by atoms with E-state index in [0.29, 0.717) is 11.9 Å². The molecule has 54 heavy (non-hydrogen) atoms. The second-order valence-corrected chi connectivity index (χ2v) is 14.3. The number of hydrazone groups is 2. The Hall–Kier alpha value is -6.42. The van der Waals surface area contributed by atoms with Crippen LogP contribution in [-0.4, -0.2) is 55.1 Å². The predicted octanol–water partition coefficient (Wildman–Crippen LogP) is 8.99. The molecule has 0 spiro atoms. The van der Waals surface area contributed by atoms with Crippen molar-refractivity contribution in [2.75, 3.05) is 0 Å². The molecule has 0 radical (unpaired) electrons. The molecule has 0 unspecified atom stereocenters. The first-order chi connectivity index (χ1) is 26.4. The van der Waals surface area contributed by atoms with E-state index in [1.807, 2.05) is 36.0 Å². The molecule has 6 aliphatic rings. The maximum atomic E-state index is 5.09. The van der Waals surface area contributed by atoms with E-state index in [4.69, 9.17) is 20.2 Å². The molecule has 0 N–H and O–H groups in total. The molecule has 6 aliphatic heterocycles. The van der Waals surface area contributed by atoms with Gasteiger partial charge < -0.3 is 0 Å². The van der Waals surface area contributed by atoms with Crippen molar-refractivity contribution in [2.45, 2.75) is 64.7 Å². The van der Waals surface area contributed by atoms with Crippen LogP contribution < -0.4 is 0 Å². The SMILES string of the molecule is CC1=CC(C)=NC2=NN3C(=N[C@@H](c4ccccc4)C[C@H]3c3ccccc3)N12.CC1=CC(C)=NC2=NN3C(=N[C@H](c4ccccc4)C[C@@H]3c3ccccc3)N12. The van der Waals surface area contributed by atoms with E-state index < -0.39 is 0 Å². The number of guanidine groups is 4. The zero-order valence-electron chi connectivity index (χ0n) is 30.9. The largest absolute Gasteiger partial charge is 0.254 e. The quantitative estimate of drug-likeness (QED) is 0.212. The molecule has 6 heterocycles. The van der Waals surface area contributed by atoms with Gasteiger partial charge in [0.15, 0.2) is 0 Å². The highest BCUT2D eigenvalue weighted by Gasteiger charge is 2.44. The van der Waals surface area contributed by atoms with Gasteiger partial charge in [-0.1, -0.05) is 121 Å². The Bertz CT molecular complexity index is 2140. The van der Waals surface area contributed by atoms with Crippen molar-refractivity contribution < 1.29 is 0 Å². The number of hydrogen-bond acceptors (Lipinski definition) is 10. The summed E-state index contributed by atoms with van der Waals surface area (Å²) in [5, 5.41) is 13.8. The molecule has 10 heteroatoms. The lowest BCUT2D eigenvalue weighted by Crippen LogP contribution is -2.42. The van der Waals surface area contributed by atoms with Crippen molar-refractivity contribution in [2.24, 2.45) is 30.2 Å². The topological polar surface area (TPSA) is 87.1 Å². The average molecular weight is 711 g/mol. The minimum Gasteiger partial charge on any atom is -0.250 e. The summed E-state index contributed by atoms with van der Waals surface area (Å²) in [4.78, 5) is 23.6. The third-order valence-corrected chi connectivity index (χ3v) is 10.5. The molecule has 0 amide bonds. The normalized spacial score (nSPS) is 23.8. The number of nitrogens with zero attached hydrogens (tertiary/aromatic N) is 10. The van der Waals surface area contributed by atoms with Crippen LogP contribution in [0.5, 0.6) is 0 Å². The summed E-state index contributed by atoms with van der Waals surface area (Å²) in [6, 6.07) is 42.6. The van der Waals surface area contributed by atoms with E-state index >= 15 is 0 Å². The number of fused-ring (bicyclic) bond motifs is 6. The second-order valence-electron chi connectivity index (χ2n) is 14.3. The fourth-order valence-electron chi connectivity index (χ4n) is 7.98. The number of hydrogen-bond donors (Lipinski definition) is 0. The lowest BCUT2D eigenvalue weighted by molar-refractivity contribution is 0.269.